The van der Waals surface area contributed by atoms with Crippen LogP contribution >= 0.6 is 0 Å². The lowest BCUT2D eigenvalue weighted by molar-refractivity contribution is 0.133. The first kappa shape index (κ1) is 14.9. The molecular weight excluding hydrogens is 242 g/mol. The summed E-state index contributed by atoms with van der Waals surface area (Å²) in [6.07, 6.45) is 19.4. The van der Waals surface area contributed by atoms with E-state index in [4.69, 9.17) is 0 Å². The van der Waals surface area contributed by atoms with Crippen molar-refractivity contribution in [2.75, 3.05) is 0 Å². The quantitative estimate of drug-likeness (QED) is 0.691. The maximum absolute atomic E-state index is 4.05. The largest absolute Gasteiger partial charge is 0.311 e. The van der Waals surface area contributed by atoms with Gasteiger partial charge < -0.3 is 5.32 Å². The monoisotopic (exact) mass is 277 g/mol. The van der Waals surface area contributed by atoms with E-state index >= 15 is 0 Å². The third kappa shape index (κ3) is 3.78. The Morgan fingerprint density at radius 3 is 2.10 bits per heavy atom. The second-order valence-corrected chi connectivity index (χ2v) is 8.02. The zero-order chi connectivity index (χ0) is 13.8. The van der Waals surface area contributed by atoms with Crippen molar-refractivity contribution >= 4 is 0 Å². The van der Waals surface area contributed by atoms with Crippen LogP contribution in [-0.2, 0) is 0 Å². The van der Waals surface area contributed by atoms with Gasteiger partial charge in [0.1, 0.15) is 0 Å². The van der Waals surface area contributed by atoms with Gasteiger partial charge in [0.05, 0.1) is 0 Å². The molecule has 3 aliphatic rings. The molecule has 1 heteroatoms. The minimum Gasteiger partial charge on any atom is -0.311 e. The van der Waals surface area contributed by atoms with Crippen molar-refractivity contribution in [1.82, 2.24) is 5.32 Å². The molecule has 1 N–H and O–H groups in total. The molecule has 116 valence electrons. The first-order valence-corrected chi connectivity index (χ1v) is 9.59. The van der Waals surface area contributed by atoms with Crippen molar-refractivity contribution in [1.29, 1.82) is 0 Å². The average Bonchev–Trinajstić information content (AvgIpc) is 2.76. The summed E-state index contributed by atoms with van der Waals surface area (Å²) in [5.74, 6) is 3.12. The molecule has 3 saturated carbocycles. The maximum Gasteiger partial charge on any atom is 0.00724 e. The summed E-state index contributed by atoms with van der Waals surface area (Å²) >= 11 is 0. The lowest BCUT2D eigenvalue weighted by Crippen LogP contribution is -2.45. The smallest absolute Gasteiger partial charge is 0.00724 e. The van der Waals surface area contributed by atoms with Crippen molar-refractivity contribution in [3.63, 3.8) is 0 Å². The van der Waals surface area contributed by atoms with Crippen LogP contribution in [0.1, 0.15) is 90.4 Å². The maximum atomic E-state index is 4.05. The molecule has 3 fully saturated rings. The predicted octanol–water partition coefficient (Wildman–Crippen LogP) is 5.29. The molecule has 3 unspecified atom stereocenters. The van der Waals surface area contributed by atoms with Crippen molar-refractivity contribution in [2.45, 2.75) is 102 Å². The highest BCUT2D eigenvalue weighted by atomic mass is 15.0. The molecule has 0 saturated heterocycles. The van der Waals surface area contributed by atoms with Crippen molar-refractivity contribution in [3.05, 3.63) is 0 Å². The van der Waals surface area contributed by atoms with E-state index in [0.29, 0.717) is 0 Å². The van der Waals surface area contributed by atoms with E-state index in [-0.39, 0.29) is 0 Å². The van der Waals surface area contributed by atoms with Crippen molar-refractivity contribution < 1.29 is 0 Å². The second-order valence-electron chi connectivity index (χ2n) is 8.02. The summed E-state index contributed by atoms with van der Waals surface area (Å²) in [5.41, 5.74) is 0. The first-order valence-electron chi connectivity index (χ1n) is 9.59. The Kier molecular flexibility index (Phi) is 5.42. The van der Waals surface area contributed by atoms with Crippen LogP contribution in [-0.4, -0.2) is 12.1 Å². The van der Waals surface area contributed by atoms with Gasteiger partial charge in [0.2, 0.25) is 0 Å². The lowest BCUT2D eigenvalue weighted by atomic mass is 9.69. The molecule has 0 aromatic heterocycles. The Bertz CT molecular complexity index is 279. The van der Waals surface area contributed by atoms with Gasteiger partial charge in [-0.05, 0) is 56.8 Å². The highest BCUT2D eigenvalue weighted by molar-refractivity contribution is 4.88. The molecule has 3 rings (SSSR count). The number of rotatable bonds is 3. The SMILES string of the molecule is C[C@@H](NC1CCC2CCCCC2C1)C1CCCCCC1. The molecule has 0 aromatic carbocycles. The summed E-state index contributed by atoms with van der Waals surface area (Å²) in [6.45, 7) is 2.48. The van der Waals surface area contributed by atoms with E-state index in [0.717, 1.165) is 29.8 Å². The molecule has 20 heavy (non-hydrogen) atoms. The van der Waals surface area contributed by atoms with Gasteiger partial charge in [0.15, 0.2) is 0 Å². The van der Waals surface area contributed by atoms with Gasteiger partial charge in [-0.25, -0.2) is 0 Å². The number of nitrogens with one attached hydrogen (secondary N) is 1. The molecule has 0 aromatic rings. The Labute approximate surface area is 126 Å². The van der Waals surface area contributed by atoms with Gasteiger partial charge in [0, 0.05) is 12.1 Å². The van der Waals surface area contributed by atoms with E-state index in [1.165, 1.54) is 83.5 Å². The van der Waals surface area contributed by atoms with Crippen LogP contribution in [0.15, 0.2) is 0 Å². The van der Waals surface area contributed by atoms with E-state index < -0.39 is 0 Å². The van der Waals surface area contributed by atoms with Gasteiger partial charge in [-0.3, -0.25) is 0 Å². The van der Waals surface area contributed by atoms with E-state index in [9.17, 15) is 0 Å². The highest BCUT2D eigenvalue weighted by Crippen LogP contribution is 2.40. The predicted molar refractivity (Wildman–Crippen MR) is 86.9 cm³/mol. The molecule has 0 bridgehead atoms. The number of fused-ring (bicyclic) bond motifs is 1. The molecule has 4 atom stereocenters. The van der Waals surface area contributed by atoms with Crippen LogP contribution in [0.4, 0.5) is 0 Å². The second kappa shape index (κ2) is 7.29. The normalized spacial score (nSPS) is 38.0. The molecule has 3 aliphatic carbocycles. The highest BCUT2D eigenvalue weighted by Gasteiger charge is 2.33. The van der Waals surface area contributed by atoms with Gasteiger partial charge >= 0.3 is 0 Å². The molecular formula is C19H35N. The molecule has 0 radical (unpaired) electrons. The Hall–Kier alpha value is -0.0400. The summed E-state index contributed by atoms with van der Waals surface area (Å²) in [5, 5.41) is 4.05. The minimum atomic E-state index is 0.762. The zero-order valence-corrected chi connectivity index (χ0v) is 13.6. The summed E-state index contributed by atoms with van der Waals surface area (Å²) in [7, 11) is 0. The fraction of sp³-hybridized carbons (Fsp3) is 1.00. The zero-order valence-electron chi connectivity index (χ0n) is 13.6. The molecule has 0 spiro atoms. The van der Waals surface area contributed by atoms with Crippen molar-refractivity contribution in [2.24, 2.45) is 17.8 Å². The summed E-state index contributed by atoms with van der Waals surface area (Å²) in [4.78, 5) is 0. The van der Waals surface area contributed by atoms with E-state index in [1.807, 2.05) is 0 Å². The molecule has 0 aliphatic heterocycles. The van der Waals surface area contributed by atoms with E-state index in [1.54, 1.807) is 0 Å². The summed E-state index contributed by atoms with van der Waals surface area (Å²) < 4.78 is 0. The Balaban J connectivity index is 1.47. The minimum absolute atomic E-state index is 0.762. The van der Waals surface area contributed by atoms with Crippen LogP contribution in [0, 0.1) is 17.8 Å². The van der Waals surface area contributed by atoms with Gasteiger partial charge in [-0.15, -0.1) is 0 Å². The van der Waals surface area contributed by atoms with Gasteiger partial charge in [-0.1, -0.05) is 51.4 Å². The molecule has 0 amide bonds. The van der Waals surface area contributed by atoms with Crippen LogP contribution in [0.2, 0.25) is 0 Å². The van der Waals surface area contributed by atoms with Gasteiger partial charge in [0.25, 0.3) is 0 Å². The van der Waals surface area contributed by atoms with Crippen molar-refractivity contribution in [3.8, 4) is 0 Å². The van der Waals surface area contributed by atoms with Crippen LogP contribution in [0.3, 0.4) is 0 Å². The Morgan fingerprint density at radius 2 is 1.35 bits per heavy atom. The summed E-state index contributed by atoms with van der Waals surface area (Å²) in [6, 6.07) is 1.60. The standard InChI is InChI=1S/C19H35N/c1-15(16-8-4-2-3-5-9-16)20-19-13-12-17-10-6-7-11-18(17)14-19/h15-20H,2-14H2,1H3/t15-,17?,18?,19?/m1/s1. The fourth-order valence-corrected chi connectivity index (χ4v) is 5.34. The van der Waals surface area contributed by atoms with Crippen LogP contribution in [0.25, 0.3) is 0 Å². The van der Waals surface area contributed by atoms with Crippen LogP contribution in [0.5, 0.6) is 0 Å². The third-order valence-corrected chi connectivity index (χ3v) is 6.65. The molecule has 0 heterocycles. The topological polar surface area (TPSA) is 12.0 Å². The van der Waals surface area contributed by atoms with E-state index in [2.05, 4.69) is 12.2 Å². The van der Waals surface area contributed by atoms with Crippen LogP contribution < -0.4 is 5.32 Å². The Morgan fingerprint density at radius 1 is 0.700 bits per heavy atom. The van der Waals surface area contributed by atoms with Gasteiger partial charge in [-0.2, -0.15) is 0 Å². The fourth-order valence-electron chi connectivity index (χ4n) is 5.34. The third-order valence-electron chi connectivity index (χ3n) is 6.65. The number of hydrogen-bond donors (Lipinski definition) is 1. The average molecular weight is 277 g/mol. The lowest BCUT2D eigenvalue weighted by Gasteiger charge is -2.41. The molecule has 1 nitrogen and oxygen atoms in total. The first-order chi connectivity index (χ1) is 9.83. The number of hydrogen-bond acceptors (Lipinski definition) is 1.